The summed E-state index contributed by atoms with van der Waals surface area (Å²) in [7, 11) is 3.23. The van der Waals surface area contributed by atoms with Crippen LogP contribution in [0.25, 0.3) is 0 Å². The van der Waals surface area contributed by atoms with Gasteiger partial charge in [0.2, 0.25) is 6.23 Å². The first-order valence-corrected chi connectivity index (χ1v) is 9.63. The van der Waals surface area contributed by atoms with Gasteiger partial charge in [-0.1, -0.05) is 11.6 Å². The topological polar surface area (TPSA) is 56.4 Å². The second-order valence-corrected chi connectivity index (χ2v) is 7.33. The van der Waals surface area contributed by atoms with Crippen LogP contribution in [0.3, 0.4) is 0 Å². The fourth-order valence-electron chi connectivity index (χ4n) is 3.88. The van der Waals surface area contributed by atoms with Crippen LogP contribution in [-0.2, 0) is 0 Å². The Bertz CT molecular complexity index is 1080. The predicted molar refractivity (Wildman–Crippen MR) is 109 cm³/mol. The van der Waals surface area contributed by atoms with E-state index in [1.807, 2.05) is 53.5 Å². The first-order chi connectivity index (χ1) is 14.2. The molecule has 0 saturated heterocycles. The summed E-state index contributed by atoms with van der Waals surface area (Å²) in [5.74, 6) is 2.86. The molecule has 3 heterocycles. The lowest BCUT2D eigenvalue weighted by atomic mass is 9.97. The number of hydrogen-bond acceptors (Lipinski definition) is 6. The van der Waals surface area contributed by atoms with Crippen LogP contribution in [0.5, 0.6) is 17.2 Å². The average molecular weight is 411 g/mol. The number of hydrazone groups is 1. The Morgan fingerprint density at radius 2 is 1.93 bits per heavy atom. The zero-order valence-electron chi connectivity index (χ0n) is 16.0. The number of fused-ring (bicyclic) bond motifs is 3. The van der Waals surface area contributed by atoms with E-state index in [-0.39, 0.29) is 6.04 Å². The van der Waals surface area contributed by atoms with Crippen molar-refractivity contribution in [3.63, 3.8) is 0 Å². The van der Waals surface area contributed by atoms with Crippen molar-refractivity contribution in [3.05, 3.63) is 76.7 Å². The third kappa shape index (κ3) is 3.00. The average Bonchev–Trinajstić information content (AvgIpc) is 3.42. The van der Waals surface area contributed by atoms with Crippen LogP contribution in [0.4, 0.5) is 0 Å². The molecule has 2 aliphatic heterocycles. The fraction of sp³-hybridized carbons (Fsp3) is 0.227. The zero-order valence-corrected chi connectivity index (χ0v) is 16.7. The lowest BCUT2D eigenvalue weighted by Gasteiger charge is -2.38. The minimum absolute atomic E-state index is 0.00403. The third-order valence-corrected chi connectivity index (χ3v) is 5.49. The molecule has 0 spiro atoms. The Morgan fingerprint density at radius 1 is 1.07 bits per heavy atom. The lowest BCUT2D eigenvalue weighted by Crippen LogP contribution is -2.33. The van der Waals surface area contributed by atoms with Gasteiger partial charge in [-0.25, -0.2) is 5.01 Å². The molecule has 0 aliphatic carbocycles. The highest BCUT2D eigenvalue weighted by Gasteiger charge is 2.41. The van der Waals surface area contributed by atoms with Crippen molar-refractivity contribution in [2.75, 3.05) is 14.2 Å². The van der Waals surface area contributed by atoms with Crippen LogP contribution in [-0.4, -0.2) is 24.9 Å². The van der Waals surface area contributed by atoms with Crippen LogP contribution < -0.4 is 14.2 Å². The second kappa shape index (κ2) is 7.04. The van der Waals surface area contributed by atoms with Crippen molar-refractivity contribution in [1.82, 2.24) is 5.01 Å². The third-order valence-electron chi connectivity index (χ3n) is 5.25. The summed E-state index contributed by atoms with van der Waals surface area (Å²) < 4.78 is 22.8. The highest BCUT2D eigenvalue weighted by molar-refractivity contribution is 6.30. The van der Waals surface area contributed by atoms with E-state index in [0.29, 0.717) is 22.9 Å². The largest absolute Gasteiger partial charge is 0.493 e. The zero-order chi connectivity index (χ0) is 20.0. The van der Waals surface area contributed by atoms with Crippen molar-refractivity contribution in [2.24, 2.45) is 5.10 Å². The number of halogens is 1. The van der Waals surface area contributed by atoms with Crippen LogP contribution in [0.15, 0.2) is 64.3 Å². The molecule has 6 nitrogen and oxygen atoms in total. The molecule has 2 atom stereocenters. The second-order valence-electron chi connectivity index (χ2n) is 6.89. The van der Waals surface area contributed by atoms with Crippen molar-refractivity contribution in [3.8, 4) is 17.2 Å². The van der Waals surface area contributed by atoms with Gasteiger partial charge in [-0.05, 0) is 48.5 Å². The SMILES string of the molecule is COc1ccc([C@@H]2Oc3ccc(Cl)cc3[C@@H]3CC(c4ccco4)=NN32)cc1OC. The van der Waals surface area contributed by atoms with E-state index in [4.69, 9.17) is 35.3 Å². The van der Waals surface area contributed by atoms with Gasteiger partial charge in [-0.15, -0.1) is 0 Å². The van der Waals surface area contributed by atoms with Gasteiger partial charge >= 0.3 is 0 Å². The molecule has 0 unspecified atom stereocenters. The lowest BCUT2D eigenvalue weighted by molar-refractivity contribution is -0.0191. The maximum Gasteiger partial charge on any atom is 0.214 e. The number of furan rings is 1. The monoisotopic (exact) mass is 410 g/mol. The maximum absolute atomic E-state index is 6.36. The van der Waals surface area contributed by atoms with Gasteiger partial charge in [0, 0.05) is 22.6 Å². The molecule has 0 bridgehead atoms. The highest BCUT2D eigenvalue weighted by Crippen LogP contribution is 2.48. The number of ether oxygens (including phenoxy) is 3. The molecule has 0 radical (unpaired) electrons. The first kappa shape index (κ1) is 17.9. The van der Waals surface area contributed by atoms with Crippen molar-refractivity contribution in [2.45, 2.75) is 18.7 Å². The summed E-state index contributed by atoms with van der Waals surface area (Å²) in [5.41, 5.74) is 2.80. The molecule has 0 fully saturated rings. The van der Waals surface area contributed by atoms with E-state index in [1.54, 1.807) is 20.5 Å². The highest BCUT2D eigenvalue weighted by atomic mass is 35.5. The number of rotatable bonds is 4. The Labute approximate surface area is 173 Å². The van der Waals surface area contributed by atoms with Gasteiger partial charge in [0.1, 0.15) is 17.2 Å². The molecule has 0 N–H and O–H groups in total. The minimum Gasteiger partial charge on any atom is -0.493 e. The molecule has 148 valence electrons. The quantitative estimate of drug-likeness (QED) is 0.592. The molecule has 29 heavy (non-hydrogen) atoms. The normalized spacial score (nSPS) is 19.8. The van der Waals surface area contributed by atoms with E-state index in [9.17, 15) is 0 Å². The molecule has 5 rings (SSSR count). The standard InChI is InChI=1S/C22H19ClN2O4/c1-26-20-7-5-13(10-21(20)27-2)22-25-17(12-16(24-25)19-4-3-9-28-19)15-11-14(23)6-8-18(15)29-22/h3-11,17,22H,12H2,1-2H3/t17-,22-/m0/s1. The first-order valence-electron chi connectivity index (χ1n) is 9.25. The Kier molecular flexibility index (Phi) is 4.36. The molecule has 3 aromatic rings. The molecule has 0 amide bonds. The van der Waals surface area contributed by atoms with Gasteiger partial charge in [0.25, 0.3) is 0 Å². The Hall–Kier alpha value is -3.12. The molecular weight excluding hydrogens is 392 g/mol. The summed E-state index contributed by atoms with van der Waals surface area (Å²) in [6, 6.07) is 15.2. The van der Waals surface area contributed by atoms with Crippen LogP contribution in [0.1, 0.15) is 35.6 Å². The number of methoxy groups -OCH3 is 2. The fourth-order valence-corrected chi connectivity index (χ4v) is 4.06. The van der Waals surface area contributed by atoms with E-state index in [2.05, 4.69) is 0 Å². The van der Waals surface area contributed by atoms with E-state index in [1.165, 1.54) is 0 Å². The van der Waals surface area contributed by atoms with Crippen LogP contribution in [0.2, 0.25) is 5.02 Å². The summed E-state index contributed by atoms with van der Waals surface area (Å²) in [6.45, 7) is 0. The summed E-state index contributed by atoms with van der Waals surface area (Å²) in [4.78, 5) is 0. The predicted octanol–water partition coefficient (Wildman–Crippen LogP) is 5.19. The van der Waals surface area contributed by atoms with Gasteiger partial charge in [-0.2, -0.15) is 5.10 Å². The minimum atomic E-state index is -0.416. The molecule has 2 aliphatic rings. The molecule has 7 heteroatoms. The van der Waals surface area contributed by atoms with Gasteiger partial charge in [-0.3, -0.25) is 0 Å². The smallest absolute Gasteiger partial charge is 0.214 e. The summed E-state index contributed by atoms with van der Waals surface area (Å²) in [6.07, 6.45) is 1.94. The molecule has 1 aromatic heterocycles. The molecule has 0 saturated carbocycles. The van der Waals surface area contributed by atoms with E-state index >= 15 is 0 Å². The molecule has 2 aromatic carbocycles. The van der Waals surface area contributed by atoms with E-state index < -0.39 is 6.23 Å². The number of nitrogens with zero attached hydrogens (tertiary/aromatic N) is 2. The summed E-state index contributed by atoms with van der Waals surface area (Å²) >= 11 is 6.27. The Morgan fingerprint density at radius 3 is 2.69 bits per heavy atom. The Balaban J connectivity index is 1.60. The van der Waals surface area contributed by atoms with Crippen molar-refractivity contribution >= 4 is 17.3 Å². The summed E-state index contributed by atoms with van der Waals surface area (Å²) in [5, 5.41) is 7.49. The molecular formula is C22H19ClN2O4. The number of hydrogen-bond donors (Lipinski definition) is 0. The number of benzene rings is 2. The van der Waals surface area contributed by atoms with Crippen molar-refractivity contribution in [1.29, 1.82) is 0 Å². The van der Waals surface area contributed by atoms with Crippen molar-refractivity contribution < 1.29 is 18.6 Å². The van der Waals surface area contributed by atoms with Gasteiger partial charge in [0.15, 0.2) is 11.5 Å². The van der Waals surface area contributed by atoms with Crippen LogP contribution >= 0.6 is 11.6 Å². The van der Waals surface area contributed by atoms with Gasteiger partial charge < -0.3 is 18.6 Å². The van der Waals surface area contributed by atoms with Crippen LogP contribution in [0, 0.1) is 0 Å². The van der Waals surface area contributed by atoms with E-state index in [0.717, 1.165) is 28.3 Å². The maximum atomic E-state index is 6.36. The van der Waals surface area contributed by atoms with Gasteiger partial charge in [0.05, 0.1) is 26.5 Å².